The van der Waals surface area contributed by atoms with E-state index in [4.69, 9.17) is 4.74 Å². The highest BCUT2D eigenvalue weighted by atomic mass is 19.1. The van der Waals surface area contributed by atoms with Gasteiger partial charge >= 0.3 is 6.09 Å². The molecular weight excluding hydrogens is 351 g/mol. The van der Waals surface area contributed by atoms with Crippen molar-refractivity contribution >= 4 is 17.7 Å². The Kier molecular flexibility index (Phi) is 6.49. The molecule has 7 nitrogen and oxygen atoms in total. The lowest BCUT2D eigenvalue weighted by atomic mass is 10.2. The number of carbonyl (C=O) groups is 2. The van der Waals surface area contributed by atoms with E-state index in [1.54, 1.807) is 28.9 Å². The van der Waals surface area contributed by atoms with Gasteiger partial charge < -0.3 is 19.4 Å². The number of para-hydroxylation sites is 1. The van der Waals surface area contributed by atoms with Crippen LogP contribution in [0.5, 0.6) is 0 Å². The minimum atomic E-state index is -0.311. The van der Waals surface area contributed by atoms with Crippen molar-refractivity contribution in [3.63, 3.8) is 0 Å². The van der Waals surface area contributed by atoms with Crippen LogP contribution in [0.25, 0.3) is 0 Å². The number of nitrogens with zero attached hydrogens (tertiary/aromatic N) is 4. The van der Waals surface area contributed by atoms with Gasteiger partial charge in [0, 0.05) is 52.4 Å². The van der Waals surface area contributed by atoms with Crippen molar-refractivity contribution in [2.75, 3.05) is 70.4 Å². The Morgan fingerprint density at radius 2 is 1.59 bits per heavy atom. The van der Waals surface area contributed by atoms with E-state index in [2.05, 4.69) is 4.90 Å². The fraction of sp³-hybridized carbons (Fsp3) is 0.579. The van der Waals surface area contributed by atoms with E-state index < -0.39 is 0 Å². The smallest absolute Gasteiger partial charge is 0.409 e. The number of hydrogen-bond acceptors (Lipinski definition) is 5. The van der Waals surface area contributed by atoms with E-state index in [0.717, 1.165) is 13.1 Å². The maximum absolute atomic E-state index is 13.9. The normalized spacial score (nSPS) is 18.5. The third-order valence-corrected chi connectivity index (χ3v) is 5.08. The lowest BCUT2D eigenvalue weighted by Gasteiger charge is -2.38. The second kappa shape index (κ2) is 9.03. The molecule has 0 spiro atoms. The van der Waals surface area contributed by atoms with Crippen molar-refractivity contribution in [1.82, 2.24) is 14.7 Å². The Hall–Kier alpha value is -2.35. The van der Waals surface area contributed by atoms with Crippen LogP contribution in [0.2, 0.25) is 0 Å². The number of rotatable bonds is 4. The molecule has 3 rings (SSSR count). The van der Waals surface area contributed by atoms with Crippen molar-refractivity contribution in [1.29, 1.82) is 0 Å². The second-order valence-electron chi connectivity index (χ2n) is 6.78. The molecule has 0 radical (unpaired) electrons. The summed E-state index contributed by atoms with van der Waals surface area (Å²) in [5.41, 5.74) is 0.624. The van der Waals surface area contributed by atoms with Gasteiger partial charge in [-0.05, 0) is 19.1 Å². The van der Waals surface area contributed by atoms with Crippen LogP contribution in [0, 0.1) is 5.82 Å². The van der Waals surface area contributed by atoms with Gasteiger partial charge in [-0.3, -0.25) is 9.69 Å². The second-order valence-corrected chi connectivity index (χ2v) is 6.78. The molecule has 0 bridgehead atoms. The molecule has 27 heavy (non-hydrogen) atoms. The van der Waals surface area contributed by atoms with Gasteiger partial charge in [0.15, 0.2) is 0 Å². The highest BCUT2D eigenvalue weighted by Crippen LogP contribution is 2.20. The zero-order valence-electron chi connectivity index (χ0n) is 15.8. The summed E-state index contributed by atoms with van der Waals surface area (Å²) in [6, 6.07) is 6.79. The zero-order valence-corrected chi connectivity index (χ0v) is 15.8. The summed E-state index contributed by atoms with van der Waals surface area (Å²) in [6.45, 7) is 7.43. The molecule has 1 aromatic rings. The van der Waals surface area contributed by atoms with Crippen LogP contribution >= 0.6 is 0 Å². The molecule has 2 aliphatic heterocycles. The third-order valence-electron chi connectivity index (χ3n) is 5.08. The summed E-state index contributed by atoms with van der Waals surface area (Å²) in [5.74, 6) is -0.126. The molecule has 8 heteroatoms. The fourth-order valence-electron chi connectivity index (χ4n) is 3.50. The first kappa shape index (κ1) is 19.4. The minimum absolute atomic E-state index is 0.0813. The van der Waals surface area contributed by atoms with Gasteiger partial charge in [-0.25, -0.2) is 9.18 Å². The SMILES string of the molecule is CCOC(=O)N1CCN(C(=O)CN2CCN(c3ccccc3F)CC2)CC1. The van der Waals surface area contributed by atoms with Gasteiger partial charge in [-0.15, -0.1) is 0 Å². The highest BCUT2D eigenvalue weighted by molar-refractivity contribution is 5.78. The van der Waals surface area contributed by atoms with Crippen molar-refractivity contribution in [3.8, 4) is 0 Å². The largest absolute Gasteiger partial charge is 0.450 e. The van der Waals surface area contributed by atoms with Crippen LogP contribution in [-0.4, -0.2) is 92.2 Å². The highest BCUT2D eigenvalue weighted by Gasteiger charge is 2.27. The number of benzene rings is 1. The van der Waals surface area contributed by atoms with Gasteiger partial charge in [-0.1, -0.05) is 12.1 Å². The van der Waals surface area contributed by atoms with E-state index >= 15 is 0 Å². The summed E-state index contributed by atoms with van der Waals surface area (Å²) >= 11 is 0. The first-order chi connectivity index (χ1) is 13.1. The number of amides is 2. The average Bonchev–Trinajstić information content (AvgIpc) is 2.69. The summed E-state index contributed by atoms with van der Waals surface area (Å²) < 4.78 is 18.9. The number of carbonyl (C=O) groups excluding carboxylic acids is 2. The van der Waals surface area contributed by atoms with Crippen LogP contribution in [0.15, 0.2) is 24.3 Å². The molecule has 2 heterocycles. The van der Waals surface area contributed by atoms with Crippen molar-refractivity contribution in [3.05, 3.63) is 30.1 Å². The molecule has 0 aromatic heterocycles. The molecule has 2 aliphatic rings. The monoisotopic (exact) mass is 378 g/mol. The fourth-order valence-corrected chi connectivity index (χ4v) is 3.50. The number of piperazine rings is 2. The van der Waals surface area contributed by atoms with Crippen LogP contribution in [0.1, 0.15) is 6.92 Å². The van der Waals surface area contributed by atoms with Crippen LogP contribution in [0.3, 0.4) is 0 Å². The molecule has 2 fully saturated rings. The first-order valence-corrected chi connectivity index (χ1v) is 9.49. The van der Waals surface area contributed by atoms with Gasteiger partial charge in [0.05, 0.1) is 18.8 Å². The molecule has 2 saturated heterocycles. The van der Waals surface area contributed by atoms with Gasteiger partial charge in [0.1, 0.15) is 5.82 Å². The molecule has 0 atom stereocenters. The molecule has 2 amide bonds. The predicted molar refractivity (Wildman–Crippen MR) is 100 cm³/mol. The summed E-state index contributed by atoms with van der Waals surface area (Å²) in [6.07, 6.45) is -0.311. The molecule has 1 aromatic carbocycles. The Bertz CT molecular complexity index is 656. The van der Waals surface area contributed by atoms with E-state index in [1.165, 1.54) is 6.07 Å². The molecule has 0 N–H and O–H groups in total. The maximum Gasteiger partial charge on any atom is 0.409 e. The first-order valence-electron chi connectivity index (χ1n) is 9.49. The molecule has 0 aliphatic carbocycles. The molecule has 0 saturated carbocycles. The van der Waals surface area contributed by atoms with E-state index in [0.29, 0.717) is 58.1 Å². The summed E-state index contributed by atoms with van der Waals surface area (Å²) in [4.78, 5) is 31.8. The third kappa shape index (κ3) is 4.88. The topological polar surface area (TPSA) is 56.3 Å². The minimum Gasteiger partial charge on any atom is -0.450 e. The van der Waals surface area contributed by atoms with Crippen molar-refractivity contribution < 1.29 is 18.7 Å². The predicted octanol–water partition coefficient (Wildman–Crippen LogP) is 1.25. The Morgan fingerprint density at radius 3 is 2.22 bits per heavy atom. The van der Waals surface area contributed by atoms with Gasteiger partial charge in [0.25, 0.3) is 0 Å². The van der Waals surface area contributed by atoms with Gasteiger partial charge in [0.2, 0.25) is 5.91 Å². The van der Waals surface area contributed by atoms with Crippen LogP contribution in [-0.2, 0) is 9.53 Å². The lowest BCUT2D eigenvalue weighted by molar-refractivity contribution is -0.134. The molecule has 0 unspecified atom stereocenters. The number of hydrogen-bond donors (Lipinski definition) is 0. The molecule has 148 valence electrons. The lowest BCUT2D eigenvalue weighted by Crippen LogP contribution is -2.54. The number of ether oxygens (including phenoxy) is 1. The average molecular weight is 378 g/mol. The number of halogens is 1. The quantitative estimate of drug-likeness (QED) is 0.789. The Morgan fingerprint density at radius 1 is 0.963 bits per heavy atom. The summed E-state index contributed by atoms with van der Waals surface area (Å²) in [5, 5.41) is 0. The van der Waals surface area contributed by atoms with Crippen molar-refractivity contribution in [2.45, 2.75) is 6.92 Å². The molecular formula is C19H27FN4O3. The maximum atomic E-state index is 13.9. The zero-order chi connectivity index (χ0) is 19.2. The standard InChI is InChI=1S/C19H27FN4O3/c1-2-27-19(26)24-13-11-23(12-14-24)18(25)15-21-7-9-22(10-8-21)17-6-4-3-5-16(17)20/h3-6H,2,7-15H2,1H3. The van der Waals surface area contributed by atoms with E-state index in [-0.39, 0.29) is 17.8 Å². The Labute approximate surface area is 159 Å². The summed E-state index contributed by atoms with van der Waals surface area (Å²) in [7, 11) is 0. The van der Waals surface area contributed by atoms with Crippen molar-refractivity contribution in [2.24, 2.45) is 0 Å². The van der Waals surface area contributed by atoms with E-state index in [1.807, 2.05) is 11.0 Å². The van der Waals surface area contributed by atoms with Gasteiger partial charge in [-0.2, -0.15) is 0 Å². The Balaban J connectivity index is 1.42. The van der Waals surface area contributed by atoms with Crippen LogP contribution in [0.4, 0.5) is 14.9 Å². The number of anilines is 1. The van der Waals surface area contributed by atoms with Crippen LogP contribution < -0.4 is 4.90 Å². The van der Waals surface area contributed by atoms with E-state index in [9.17, 15) is 14.0 Å².